The molecule has 2 aliphatic heterocycles. The molecule has 0 radical (unpaired) electrons. The average Bonchev–Trinajstić information content (AvgIpc) is 3.22. The van der Waals surface area contributed by atoms with Gasteiger partial charge in [-0.3, -0.25) is 34.0 Å². The second kappa shape index (κ2) is 18.6. The van der Waals surface area contributed by atoms with Crippen LogP contribution in [-0.4, -0.2) is 139 Å². The Labute approximate surface area is 341 Å². The van der Waals surface area contributed by atoms with Gasteiger partial charge >= 0.3 is 6.18 Å². The number of Topliss-reactive ketones (excluding diaryl/α,β-unsaturated/α-hetero) is 2. The van der Waals surface area contributed by atoms with Crippen molar-refractivity contribution >= 4 is 40.4 Å². The molecule has 2 saturated heterocycles. The molecule has 2 amide bonds. The van der Waals surface area contributed by atoms with Crippen molar-refractivity contribution in [1.29, 1.82) is 5.26 Å². The standard InChI is InChI=1S/C42H49F3N8O6/c1-41(58,40(57)48-30-4-3-29(27-46)36(24-30)42(43,44)45)28-59-35-8-5-32(6-9-35)52-19-15-50(16-20-52)13-14-51-17-21-53(22-18-51)33-11-12-47-31(23-33)25-39(56)49(2)37-10-7-34(54)26-38(37)55/h3-6,8-9,11-12,23-24,37,58H,7,10,13-22,25-26,28H2,1-2H3,(H,48,57)/t37?,41-/m0/s1. The normalized spacial score (nSPS) is 19.2. The smallest absolute Gasteiger partial charge is 0.417 e. The van der Waals surface area contributed by atoms with Gasteiger partial charge in [0.05, 0.1) is 41.8 Å². The fourth-order valence-electron chi connectivity index (χ4n) is 7.49. The van der Waals surface area contributed by atoms with Gasteiger partial charge in [-0.2, -0.15) is 18.4 Å². The number of anilines is 3. The molecule has 1 aromatic heterocycles. The summed E-state index contributed by atoms with van der Waals surface area (Å²) in [7, 11) is 1.62. The van der Waals surface area contributed by atoms with Gasteiger partial charge in [0.1, 0.15) is 18.1 Å². The molecular formula is C42H49F3N8O6. The van der Waals surface area contributed by atoms with Crippen LogP contribution in [0.5, 0.6) is 5.75 Å². The van der Waals surface area contributed by atoms with E-state index in [2.05, 4.69) is 29.9 Å². The molecule has 17 heteroatoms. The highest BCUT2D eigenvalue weighted by molar-refractivity contribution is 6.05. The molecule has 0 bridgehead atoms. The topological polar surface area (TPSA) is 163 Å². The summed E-state index contributed by atoms with van der Waals surface area (Å²) in [5.41, 5.74) is -1.37. The van der Waals surface area contributed by atoms with Crippen LogP contribution in [0.15, 0.2) is 60.8 Å². The number of alkyl halides is 3. The van der Waals surface area contributed by atoms with Crippen LogP contribution in [0, 0.1) is 11.3 Å². The monoisotopic (exact) mass is 818 g/mol. The molecule has 6 rings (SSSR count). The van der Waals surface area contributed by atoms with Gasteiger partial charge < -0.3 is 29.9 Å². The van der Waals surface area contributed by atoms with E-state index in [0.29, 0.717) is 30.4 Å². The molecule has 3 aliphatic rings. The molecule has 3 fully saturated rings. The van der Waals surface area contributed by atoms with E-state index in [-0.39, 0.29) is 36.0 Å². The first-order valence-electron chi connectivity index (χ1n) is 19.7. The SMILES string of the molecule is CN(C(=O)Cc1cc(N2CCN(CCN3CCN(c4ccc(OC[C@](C)(O)C(=O)Nc5ccc(C#N)c(C(F)(F)F)c5)cc4)CC3)CC2)ccn1)C1CCC(=O)CC1=O. The predicted molar refractivity (Wildman–Crippen MR) is 213 cm³/mol. The second-order valence-electron chi connectivity index (χ2n) is 15.5. The second-order valence-corrected chi connectivity index (χ2v) is 15.5. The fourth-order valence-corrected chi connectivity index (χ4v) is 7.49. The third-order valence-electron chi connectivity index (χ3n) is 11.2. The lowest BCUT2D eigenvalue weighted by atomic mass is 9.92. The molecule has 14 nitrogen and oxygen atoms in total. The van der Waals surface area contributed by atoms with E-state index in [9.17, 15) is 37.5 Å². The van der Waals surface area contributed by atoms with Crippen molar-refractivity contribution in [1.82, 2.24) is 19.7 Å². The van der Waals surface area contributed by atoms with Crippen molar-refractivity contribution in [3.05, 3.63) is 77.6 Å². The number of carbonyl (C=O) groups is 4. The number of likely N-dealkylation sites (N-methyl/N-ethyl adjacent to an activating group) is 1. The average molecular weight is 819 g/mol. The molecule has 314 valence electrons. The van der Waals surface area contributed by atoms with E-state index in [4.69, 9.17) is 10.00 Å². The number of aromatic nitrogens is 1. The van der Waals surface area contributed by atoms with E-state index < -0.39 is 41.5 Å². The van der Waals surface area contributed by atoms with E-state index in [1.54, 1.807) is 25.4 Å². The molecular weight excluding hydrogens is 770 g/mol. The first kappa shape index (κ1) is 43.0. The Hall–Kier alpha value is -5.57. The van der Waals surface area contributed by atoms with Crippen LogP contribution in [0.3, 0.4) is 0 Å². The minimum Gasteiger partial charge on any atom is -0.490 e. The molecule has 59 heavy (non-hydrogen) atoms. The molecule has 3 aromatic rings. The Morgan fingerprint density at radius 1 is 0.932 bits per heavy atom. The molecule has 0 spiro atoms. The summed E-state index contributed by atoms with van der Waals surface area (Å²) in [5, 5.41) is 22.0. The number of piperazine rings is 2. The van der Waals surface area contributed by atoms with Crippen molar-refractivity contribution < 1.29 is 42.2 Å². The number of hydrogen-bond donors (Lipinski definition) is 2. The molecule has 2 aromatic carbocycles. The Morgan fingerprint density at radius 2 is 1.56 bits per heavy atom. The number of aliphatic hydroxyl groups is 1. The van der Waals surface area contributed by atoms with Crippen molar-refractivity contribution in [2.24, 2.45) is 0 Å². The molecule has 2 N–H and O–H groups in total. The molecule has 2 atom stereocenters. The van der Waals surface area contributed by atoms with Crippen LogP contribution >= 0.6 is 0 Å². The molecule has 1 unspecified atom stereocenters. The zero-order chi connectivity index (χ0) is 42.3. The van der Waals surface area contributed by atoms with Crippen molar-refractivity contribution in [3.8, 4) is 11.8 Å². The highest BCUT2D eigenvalue weighted by Crippen LogP contribution is 2.34. The number of halogens is 3. The number of ketones is 2. The maximum Gasteiger partial charge on any atom is 0.417 e. The van der Waals surface area contributed by atoms with Gasteiger partial charge in [0, 0.05) is 102 Å². The summed E-state index contributed by atoms with van der Waals surface area (Å²) < 4.78 is 45.7. The highest BCUT2D eigenvalue weighted by Gasteiger charge is 2.36. The van der Waals surface area contributed by atoms with Gasteiger partial charge in [0.25, 0.3) is 5.91 Å². The van der Waals surface area contributed by atoms with Gasteiger partial charge in [0.15, 0.2) is 11.4 Å². The third-order valence-corrected chi connectivity index (χ3v) is 11.2. The summed E-state index contributed by atoms with van der Waals surface area (Å²) in [6, 6.07) is 14.9. The quantitative estimate of drug-likeness (QED) is 0.243. The highest BCUT2D eigenvalue weighted by atomic mass is 19.4. The number of nitrogens with one attached hydrogen (secondary N) is 1. The molecule has 1 saturated carbocycles. The van der Waals surface area contributed by atoms with Crippen LogP contribution < -0.4 is 19.9 Å². The number of hydrogen-bond acceptors (Lipinski definition) is 12. The Bertz CT molecular complexity index is 2040. The lowest BCUT2D eigenvalue weighted by Gasteiger charge is -2.39. The van der Waals surface area contributed by atoms with Crippen LogP contribution in [-0.2, 0) is 31.8 Å². The van der Waals surface area contributed by atoms with Gasteiger partial charge in [-0.05, 0) is 67.9 Å². The van der Waals surface area contributed by atoms with Crippen LogP contribution in [0.4, 0.5) is 30.2 Å². The van der Waals surface area contributed by atoms with E-state index in [1.165, 1.54) is 17.9 Å². The maximum absolute atomic E-state index is 13.3. The van der Waals surface area contributed by atoms with Crippen LogP contribution in [0.1, 0.15) is 43.0 Å². The minimum atomic E-state index is -4.79. The molecule has 3 heterocycles. The summed E-state index contributed by atoms with van der Waals surface area (Å²) in [6.45, 7) is 9.68. The van der Waals surface area contributed by atoms with Crippen molar-refractivity contribution in [2.75, 3.05) is 94.2 Å². The summed E-state index contributed by atoms with van der Waals surface area (Å²) >= 11 is 0. The Balaban J connectivity index is 0.889. The number of amides is 2. The van der Waals surface area contributed by atoms with Crippen molar-refractivity contribution in [2.45, 2.75) is 50.4 Å². The van der Waals surface area contributed by atoms with Gasteiger partial charge in [-0.15, -0.1) is 0 Å². The molecule has 1 aliphatic carbocycles. The van der Waals surface area contributed by atoms with Gasteiger partial charge in [0.2, 0.25) is 5.91 Å². The number of nitrogens with zero attached hydrogens (tertiary/aromatic N) is 7. The van der Waals surface area contributed by atoms with E-state index in [0.717, 1.165) is 89.0 Å². The zero-order valence-electron chi connectivity index (χ0n) is 33.2. The van der Waals surface area contributed by atoms with Gasteiger partial charge in [-0.1, -0.05) is 0 Å². The zero-order valence-corrected chi connectivity index (χ0v) is 33.2. The number of pyridine rings is 1. The number of ether oxygens (including phenoxy) is 1. The number of benzene rings is 2. The lowest BCUT2D eigenvalue weighted by molar-refractivity contribution is -0.142. The lowest BCUT2D eigenvalue weighted by Crippen LogP contribution is -2.51. The third kappa shape index (κ3) is 11.1. The number of rotatable bonds is 13. The summed E-state index contributed by atoms with van der Waals surface area (Å²) in [5.74, 6) is -1.00. The Kier molecular flexibility index (Phi) is 13.5. The van der Waals surface area contributed by atoms with E-state index >= 15 is 0 Å². The first-order chi connectivity index (χ1) is 28.1. The van der Waals surface area contributed by atoms with Crippen molar-refractivity contribution in [3.63, 3.8) is 0 Å². The largest absolute Gasteiger partial charge is 0.490 e. The summed E-state index contributed by atoms with van der Waals surface area (Å²) in [6.07, 6.45) is -2.39. The fraction of sp³-hybridized carbons (Fsp3) is 0.476. The van der Waals surface area contributed by atoms with Crippen LogP contribution in [0.25, 0.3) is 0 Å². The number of carbonyl (C=O) groups excluding carboxylic acids is 4. The maximum atomic E-state index is 13.3. The van der Waals surface area contributed by atoms with Crippen LogP contribution in [0.2, 0.25) is 0 Å². The Morgan fingerprint density at radius 3 is 2.15 bits per heavy atom. The summed E-state index contributed by atoms with van der Waals surface area (Å²) in [4.78, 5) is 65.0. The van der Waals surface area contributed by atoms with Gasteiger partial charge in [-0.25, -0.2) is 0 Å². The minimum absolute atomic E-state index is 0.0702. The predicted octanol–water partition coefficient (Wildman–Crippen LogP) is 3.38. The van der Waals surface area contributed by atoms with E-state index in [1.807, 2.05) is 24.3 Å². The number of nitriles is 1. The first-order valence-corrected chi connectivity index (χ1v) is 19.7.